The Labute approximate surface area is 299 Å². The van der Waals surface area contributed by atoms with Crippen molar-refractivity contribution in [1.29, 1.82) is 0 Å². The zero-order chi connectivity index (χ0) is 33.6. The molecule has 0 atom stereocenters. The topological polar surface area (TPSA) is 16.4 Å². The van der Waals surface area contributed by atoms with Crippen molar-refractivity contribution < 1.29 is 4.42 Å². The molecular weight excluding hydrogens is 655 g/mol. The number of nitrogens with zero attached hydrogens (tertiary/aromatic N) is 1. The molecule has 3 aromatic heterocycles. The molecule has 0 aliphatic rings. The Hall–Kier alpha value is -5.94. The predicted molar refractivity (Wildman–Crippen MR) is 222 cm³/mol. The first-order chi connectivity index (χ1) is 25.2. The average Bonchev–Trinajstić information content (AvgIpc) is 3.85. The maximum atomic E-state index is 6.66. The van der Waals surface area contributed by atoms with Crippen LogP contribution in [0.15, 0.2) is 168 Å². The number of fused-ring (bicyclic) bond motifs is 11. The Balaban J connectivity index is 1.14. The molecular formula is C47H30NOSSi-. The molecule has 3 heterocycles. The second-order valence-corrected chi connectivity index (χ2v) is 16.9. The lowest BCUT2D eigenvalue weighted by molar-refractivity contribution is 0.669. The number of benzene rings is 8. The summed E-state index contributed by atoms with van der Waals surface area (Å²) in [5.41, 5.74) is 7.52. The first kappa shape index (κ1) is 28.9. The van der Waals surface area contributed by atoms with Crippen LogP contribution in [0.4, 0.5) is 17.1 Å². The van der Waals surface area contributed by atoms with Gasteiger partial charge in [0.05, 0.1) is 5.69 Å². The molecule has 11 aromatic rings. The van der Waals surface area contributed by atoms with Crippen molar-refractivity contribution in [3.05, 3.63) is 164 Å². The minimum atomic E-state index is -0.985. The Morgan fingerprint density at radius 1 is 0.529 bits per heavy atom. The molecule has 0 fully saturated rings. The molecule has 4 heteroatoms. The maximum Gasteiger partial charge on any atom is 0.159 e. The van der Waals surface area contributed by atoms with E-state index >= 15 is 0 Å². The zero-order valence-corrected chi connectivity index (χ0v) is 29.7. The van der Waals surface area contributed by atoms with Crippen molar-refractivity contribution in [2.45, 2.75) is 0 Å². The van der Waals surface area contributed by atoms with Gasteiger partial charge in [-0.3, -0.25) is 8.40 Å². The van der Waals surface area contributed by atoms with E-state index in [1.54, 1.807) is 0 Å². The number of para-hydroxylation sites is 2. The largest absolute Gasteiger partial charge is 0.454 e. The van der Waals surface area contributed by atoms with Gasteiger partial charge in [0, 0.05) is 42.3 Å². The Morgan fingerprint density at radius 3 is 2.14 bits per heavy atom. The van der Waals surface area contributed by atoms with Crippen LogP contribution in [0, 0.1) is 0 Å². The van der Waals surface area contributed by atoms with Crippen LogP contribution >= 0.6 is 11.3 Å². The van der Waals surface area contributed by atoms with Gasteiger partial charge in [-0.1, -0.05) is 127 Å². The van der Waals surface area contributed by atoms with E-state index < -0.39 is 8.40 Å². The SMILES string of the molecule is C[si-]1c2cc(N(c3ccc(-c4cccc5ccccc45)cc3)c3cccc4c3oc3ccccc34)ccc2c2c3sc4ccccc4c3ccc21. The van der Waals surface area contributed by atoms with Crippen molar-refractivity contribution in [2.24, 2.45) is 6.55 Å². The van der Waals surface area contributed by atoms with E-state index in [0.717, 1.165) is 39.0 Å². The molecule has 8 aromatic carbocycles. The molecule has 0 bridgehead atoms. The molecule has 51 heavy (non-hydrogen) atoms. The van der Waals surface area contributed by atoms with Crippen LogP contribution < -0.4 is 4.90 Å². The molecule has 0 aliphatic carbocycles. The third-order valence-electron chi connectivity index (χ3n) is 10.7. The number of rotatable bonds is 4. The predicted octanol–water partition coefficient (Wildman–Crippen LogP) is 13.8. The molecule has 2 nitrogen and oxygen atoms in total. The van der Waals surface area contributed by atoms with E-state index in [9.17, 15) is 0 Å². The molecule has 0 unspecified atom stereocenters. The van der Waals surface area contributed by atoms with Gasteiger partial charge in [0.15, 0.2) is 5.58 Å². The zero-order valence-electron chi connectivity index (χ0n) is 27.9. The fourth-order valence-electron chi connectivity index (χ4n) is 8.32. The van der Waals surface area contributed by atoms with Gasteiger partial charge in [0.2, 0.25) is 0 Å². The van der Waals surface area contributed by atoms with E-state index in [-0.39, 0.29) is 0 Å². The van der Waals surface area contributed by atoms with Crippen LogP contribution in [0.5, 0.6) is 0 Å². The van der Waals surface area contributed by atoms with E-state index in [1.807, 2.05) is 17.4 Å². The maximum absolute atomic E-state index is 6.66. The van der Waals surface area contributed by atoms with Crippen molar-refractivity contribution in [2.75, 3.05) is 4.90 Å². The fraction of sp³-hybridized carbons (Fsp3) is 0.0213. The van der Waals surface area contributed by atoms with Crippen molar-refractivity contribution in [3.63, 3.8) is 0 Å². The van der Waals surface area contributed by atoms with Crippen LogP contribution in [0.3, 0.4) is 0 Å². The third kappa shape index (κ3) is 4.27. The molecule has 11 rings (SSSR count). The number of aryl methyl sites for hydroxylation is 1. The smallest absolute Gasteiger partial charge is 0.159 e. The van der Waals surface area contributed by atoms with Crippen LogP contribution in [-0.2, 0) is 6.55 Å². The lowest BCUT2D eigenvalue weighted by atomic mass is 9.98. The second kappa shape index (κ2) is 11.0. The number of hydrogen-bond donors (Lipinski definition) is 0. The first-order valence-corrected chi connectivity index (χ1v) is 20.2. The van der Waals surface area contributed by atoms with Gasteiger partial charge in [-0.05, 0) is 69.1 Å². The van der Waals surface area contributed by atoms with Gasteiger partial charge in [0.1, 0.15) is 5.58 Å². The van der Waals surface area contributed by atoms with Crippen LogP contribution in [0.25, 0.3) is 84.8 Å². The molecule has 0 saturated heterocycles. The fourth-order valence-corrected chi connectivity index (χ4v) is 11.9. The quantitative estimate of drug-likeness (QED) is 0.172. The molecule has 0 aliphatic heterocycles. The third-order valence-corrected chi connectivity index (χ3v) is 14.4. The monoisotopic (exact) mass is 684 g/mol. The minimum absolute atomic E-state index is 0.898. The van der Waals surface area contributed by atoms with Crippen LogP contribution in [0.1, 0.15) is 0 Å². The van der Waals surface area contributed by atoms with Gasteiger partial charge in [-0.25, -0.2) is 0 Å². The highest BCUT2D eigenvalue weighted by Gasteiger charge is 2.20. The van der Waals surface area contributed by atoms with Gasteiger partial charge < -0.3 is 9.32 Å². The van der Waals surface area contributed by atoms with Gasteiger partial charge in [-0.15, -0.1) is 11.3 Å². The summed E-state index contributed by atoms with van der Waals surface area (Å²) in [5, 5.41) is 10.3. The van der Waals surface area contributed by atoms with Gasteiger partial charge in [-0.2, -0.15) is 16.5 Å². The summed E-state index contributed by atoms with van der Waals surface area (Å²) in [5.74, 6) is 0. The number of anilines is 3. The number of thiophene rings is 1. The summed E-state index contributed by atoms with van der Waals surface area (Å²) < 4.78 is 9.43. The highest BCUT2D eigenvalue weighted by molar-refractivity contribution is 7.27. The molecule has 0 spiro atoms. The Bertz CT molecular complexity index is 3160. The van der Waals surface area contributed by atoms with Crippen molar-refractivity contribution in [3.8, 4) is 11.1 Å². The molecule has 0 amide bonds. The summed E-state index contributed by atoms with van der Waals surface area (Å²) >= 11 is 1.93. The van der Waals surface area contributed by atoms with E-state index in [0.29, 0.717) is 0 Å². The minimum Gasteiger partial charge on any atom is -0.454 e. The Morgan fingerprint density at radius 2 is 1.24 bits per heavy atom. The number of hydrogen-bond acceptors (Lipinski definition) is 3. The molecule has 0 radical (unpaired) electrons. The summed E-state index contributed by atoms with van der Waals surface area (Å²) in [7, 11) is -0.985. The van der Waals surface area contributed by atoms with Gasteiger partial charge >= 0.3 is 0 Å². The summed E-state index contributed by atoms with van der Waals surface area (Å²) in [6, 6.07) is 59.9. The average molecular weight is 685 g/mol. The molecule has 0 saturated carbocycles. The van der Waals surface area contributed by atoms with Crippen LogP contribution in [0.2, 0.25) is 0 Å². The highest BCUT2D eigenvalue weighted by atomic mass is 32.1. The Kier molecular flexibility index (Phi) is 6.24. The summed E-state index contributed by atoms with van der Waals surface area (Å²) in [4.78, 5) is 5.37. The first-order valence-electron chi connectivity index (χ1n) is 17.4. The second-order valence-electron chi connectivity index (χ2n) is 13.5. The summed E-state index contributed by atoms with van der Waals surface area (Å²) in [6.07, 6.45) is 0. The summed E-state index contributed by atoms with van der Waals surface area (Å²) in [6.45, 7) is 2.46. The lowest BCUT2D eigenvalue weighted by Crippen LogP contribution is -2.10. The lowest BCUT2D eigenvalue weighted by Gasteiger charge is -2.27. The van der Waals surface area contributed by atoms with Crippen LogP contribution in [-0.4, -0.2) is 8.40 Å². The highest BCUT2D eigenvalue weighted by Crippen LogP contribution is 2.46. The molecule has 240 valence electrons. The number of furan rings is 1. The normalized spacial score (nSPS) is 12.0. The van der Waals surface area contributed by atoms with E-state index in [1.165, 1.54) is 62.8 Å². The van der Waals surface area contributed by atoms with Gasteiger partial charge in [0.25, 0.3) is 0 Å². The molecule has 0 N–H and O–H groups in total. The standard InChI is InChI=1S/C47H30NOSSi/c1-51-43-27-26-38-36-14-5-7-19-42(36)50-47(38)45(43)39-25-24-32(28-44(39)51)48(40-17-9-16-37-35-13-4-6-18-41(35)49-46(37)40)31-22-20-30(21-23-31)34-15-8-11-29-10-2-3-12-33(29)34/h2-28H,1H3/q-1. The van der Waals surface area contributed by atoms with Crippen molar-refractivity contribution in [1.82, 2.24) is 0 Å². The van der Waals surface area contributed by atoms with E-state index in [2.05, 4.69) is 169 Å². The van der Waals surface area contributed by atoms with Crippen molar-refractivity contribution >= 4 is 110 Å². The van der Waals surface area contributed by atoms with E-state index in [4.69, 9.17) is 4.42 Å².